The molecule has 0 bridgehead atoms. The Bertz CT molecular complexity index is 798. The number of likely N-dealkylation sites (tertiary alicyclic amines) is 1. The fourth-order valence-electron chi connectivity index (χ4n) is 3.37. The Hall–Kier alpha value is -2.47. The molecular weight excluding hydrogens is 321 g/mol. The Morgan fingerprint density at radius 2 is 2.00 bits per heavy atom. The van der Waals surface area contributed by atoms with E-state index in [0.717, 1.165) is 30.7 Å². The number of hydrogen-bond donors (Lipinski definition) is 0. The number of nitrogens with zero attached hydrogens (tertiary/aromatic N) is 3. The third-order valence-corrected chi connectivity index (χ3v) is 4.64. The van der Waals surface area contributed by atoms with Gasteiger partial charge in [-0.3, -0.25) is 4.90 Å². The van der Waals surface area contributed by atoms with Crippen molar-refractivity contribution in [3.63, 3.8) is 0 Å². The van der Waals surface area contributed by atoms with Crippen LogP contribution in [0.25, 0.3) is 11.4 Å². The number of benzene rings is 1. The van der Waals surface area contributed by atoms with E-state index in [0.29, 0.717) is 18.3 Å². The highest BCUT2D eigenvalue weighted by molar-refractivity contribution is 5.53. The summed E-state index contributed by atoms with van der Waals surface area (Å²) in [7, 11) is 0. The van der Waals surface area contributed by atoms with Gasteiger partial charge in [0.05, 0.1) is 18.8 Å². The zero-order valence-electron chi connectivity index (χ0n) is 13.9. The normalized spacial score (nSPS) is 19.0. The van der Waals surface area contributed by atoms with Crippen LogP contribution in [0.5, 0.6) is 0 Å². The predicted octanol–water partition coefficient (Wildman–Crippen LogP) is 4.59. The molecule has 1 fully saturated rings. The van der Waals surface area contributed by atoms with Gasteiger partial charge in [-0.1, -0.05) is 18.0 Å². The molecule has 25 heavy (non-hydrogen) atoms. The van der Waals surface area contributed by atoms with Crippen LogP contribution in [0.2, 0.25) is 0 Å². The molecule has 0 spiro atoms. The first-order chi connectivity index (χ1) is 12.3. The summed E-state index contributed by atoms with van der Waals surface area (Å²) in [5, 5.41) is 4.03. The first kappa shape index (κ1) is 16.0. The topological polar surface area (TPSA) is 55.3 Å². The fourth-order valence-corrected chi connectivity index (χ4v) is 3.37. The molecule has 1 aliphatic heterocycles. The molecule has 130 valence electrons. The van der Waals surface area contributed by atoms with Gasteiger partial charge in [0, 0.05) is 5.56 Å². The average molecular weight is 341 g/mol. The lowest BCUT2D eigenvalue weighted by molar-refractivity contribution is 0.150. The van der Waals surface area contributed by atoms with Crippen LogP contribution in [0.15, 0.2) is 51.6 Å². The second kappa shape index (κ2) is 7.19. The summed E-state index contributed by atoms with van der Waals surface area (Å²) >= 11 is 0. The van der Waals surface area contributed by atoms with E-state index in [1.807, 2.05) is 12.1 Å². The van der Waals surface area contributed by atoms with Gasteiger partial charge in [0.2, 0.25) is 11.7 Å². The molecule has 0 N–H and O–H groups in total. The molecule has 0 radical (unpaired) electrons. The van der Waals surface area contributed by atoms with Gasteiger partial charge in [0.1, 0.15) is 11.6 Å². The van der Waals surface area contributed by atoms with E-state index in [2.05, 4.69) is 15.0 Å². The SMILES string of the molecule is Fc1ccc(-c2noc(CN3CCCCCC3c3ccco3)n2)cc1. The van der Waals surface area contributed by atoms with Crippen LogP contribution >= 0.6 is 0 Å². The summed E-state index contributed by atoms with van der Waals surface area (Å²) in [6.45, 7) is 1.55. The second-order valence-electron chi connectivity index (χ2n) is 6.37. The zero-order chi connectivity index (χ0) is 17.1. The maximum atomic E-state index is 13.1. The number of rotatable bonds is 4. The molecule has 3 aromatic rings. The highest BCUT2D eigenvalue weighted by Gasteiger charge is 2.26. The molecule has 1 unspecified atom stereocenters. The summed E-state index contributed by atoms with van der Waals surface area (Å²) in [5.74, 6) is 1.76. The minimum Gasteiger partial charge on any atom is -0.468 e. The van der Waals surface area contributed by atoms with Crippen LogP contribution in [0.4, 0.5) is 4.39 Å². The Morgan fingerprint density at radius 1 is 1.12 bits per heavy atom. The van der Waals surface area contributed by atoms with Crippen molar-refractivity contribution in [3.05, 3.63) is 60.1 Å². The first-order valence-electron chi connectivity index (χ1n) is 8.65. The quantitative estimate of drug-likeness (QED) is 0.695. The minimum atomic E-state index is -0.279. The standard InChI is InChI=1S/C19H20FN3O2/c20-15-9-7-14(8-10-15)19-21-18(25-22-19)13-23-11-3-1-2-5-16(23)17-6-4-12-24-17/h4,6-10,12,16H,1-3,5,11,13H2. The van der Waals surface area contributed by atoms with Gasteiger partial charge in [-0.25, -0.2) is 4.39 Å². The second-order valence-corrected chi connectivity index (χ2v) is 6.37. The van der Waals surface area contributed by atoms with E-state index in [9.17, 15) is 4.39 Å². The molecule has 1 saturated heterocycles. The van der Waals surface area contributed by atoms with Crippen molar-refractivity contribution in [1.29, 1.82) is 0 Å². The van der Waals surface area contributed by atoms with Crippen LogP contribution in [-0.2, 0) is 6.54 Å². The third-order valence-electron chi connectivity index (χ3n) is 4.64. The smallest absolute Gasteiger partial charge is 0.241 e. The molecule has 1 aliphatic rings. The maximum absolute atomic E-state index is 13.1. The number of furan rings is 1. The highest BCUT2D eigenvalue weighted by atomic mass is 19.1. The van der Waals surface area contributed by atoms with Crippen molar-refractivity contribution in [1.82, 2.24) is 15.0 Å². The van der Waals surface area contributed by atoms with Crippen molar-refractivity contribution < 1.29 is 13.3 Å². The predicted molar refractivity (Wildman–Crippen MR) is 90.0 cm³/mol. The molecule has 4 rings (SSSR count). The Balaban J connectivity index is 1.53. The van der Waals surface area contributed by atoms with Crippen LogP contribution in [0.1, 0.15) is 43.4 Å². The molecule has 1 atom stereocenters. The van der Waals surface area contributed by atoms with Gasteiger partial charge in [-0.15, -0.1) is 0 Å². The molecule has 1 aromatic carbocycles. The van der Waals surface area contributed by atoms with Crippen LogP contribution in [0.3, 0.4) is 0 Å². The summed E-state index contributed by atoms with van der Waals surface area (Å²) in [5.41, 5.74) is 0.745. The number of hydrogen-bond acceptors (Lipinski definition) is 5. The first-order valence-corrected chi connectivity index (χ1v) is 8.65. The molecule has 0 aliphatic carbocycles. The highest BCUT2D eigenvalue weighted by Crippen LogP contribution is 2.31. The molecule has 0 amide bonds. The van der Waals surface area contributed by atoms with Crippen LogP contribution in [0, 0.1) is 5.82 Å². The maximum Gasteiger partial charge on any atom is 0.241 e. The van der Waals surface area contributed by atoms with E-state index >= 15 is 0 Å². The molecule has 6 heteroatoms. The minimum absolute atomic E-state index is 0.235. The van der Waals surface area contributed by atoms with Gasteiger partial charge >= 0.3 is 0 Å². The Labute approximate surface area is 145 Å². The lowest BCUT2D eigenvalue weighted by atomic mass is 10.1. The van der Waals surface area contributed by atoms with Crippen molar-refractivity contribution in [2.75, 3.05) is 6.54 Å². The van der Waals surface area contributed by atoms with E-state index < -0.39 is 0 Å². The van der Waals surface area contributed by atoms with Gasteiger partial charge in [0.15, 0.2) is 0 Å². The van der Waals surface area contributed by atoms with E-state index in [1.54, 1.807) is 18.4 Å². The van der Waals surface area contributed by atoms with E-state index in [4.69, 9.17) is 8.94 Å². The van der Waals surface area contributed by atoms with Gasteiger partial charge < -0.3 is 8.94 Å². The van der Waals surface area contributed by atoms with Crippen LogP contribution in [-0.4, -0.2) is 21.6 Å². The monoisotopic (exact) mass is 341 g/mol. The van der Waals surface area contributed by atoms with Crippen LogP contribution < -0.4 is 0 Å². The largest absolute Gasteiger partial charge is 0.468 e. The number of aromatic nitrogens is 2. The number of halogens is 1. The molecule has 0 saturated carbocycles. The van der Waals surface area contributed by atoms with Crippen molar-refractivity contribution >= 4 is 0 Å². The summed E-state index contributed by atoms with van der Waals surface area (Å²) in [6, 6.07) is 10.3. The summed E-state index contributed by atoms with van der Waals surface area (Å²) in [4.78, 5) is 6.82. The fraction of sp³-hybridized carbons (Fsp3) is 0.368. The van der Waals surface area contributed by atoms with Gasteiger partial charge in [0.25, 0.3) is 0 Å². The summed E-state index contributed by atoms with van der Waals surface area (Å²) < 4.78 is 24.1. The van der Waals surface area contributed by atoms with Crippen molar-refractivity contribution in [2.24, 2.45) is 0 Å². The Kier molecular flexibility index (Phi) is 4.61. The van der Waals surface area contributed by atoms with Crippen molar-refractivity contribution in [2.45, 2.75) is 38.3 Å². The molecule has 2 aromatic heterocycles. The Morgan fingerprint density at radius 3 is 2.80 bits per heavy atom. The van der Waals surface area contributed by atoms with Gasteiger partial charge in [-0.2, -0.15) is 4.98 Å². The lowest BCUT2D eigenvalue weighted by Crippen LogP contribution is -2.28. The molecule has 5 nitrogen and oxygen atoms in total. The van der Waals surface area contributed by atoms with Gasteiger partial charge in [-0.05, 0) is 55.8 Å². The van der Waals surface area contributed by atoms with E-state index in [1.165, 1.54) is 25.0 Å². The third kappa shape index (κ3) is 3.64. The molecular formula is C19H20FN3O2. The average Bonchev–Trinajstić information content (AvgIpc) is 3.26. The lowest BCUT2D eigenvalue weighted by Gasteiger charge is -2.26. The zero-order valence-corrected chi connectivity index (χ0v) is 13.9. The van der Waals surface area contributed by atoms with Crippen molar-refractivity contribution in [3.8, 4) is 11.4 Å². The summed E-state index contributed by atoms with van der Waals surface area (Å²) in [6.07, 6.45) is 6.34. The van der Waals surface area contributed by atoms with E-state index in [-0.39, 0.29) is 11.9 Å². The molecule has 3 heterocycles.